The number of aliphatic hydroxyl groups is 1. The maximum atomic E-state index is 13.2. The molecule has 204 valence electrons. The van der Waals surface area contributed by atoms with Gasteiger partial charge in [0, 0.05) is 52.0 Å². The van der Waals surface area contributed by atoms with Gasteiger partial charge in [0.1, 0.15) is 23.8 Å². The van der Waals surface area contributed by atoms with E-state index in [1.165, 1.54) is 31.2 Å². The molecule has 1 aromatic heterocycles. The SMILES string of the molecule is COc1cc(CN2CCN(C(C)=O)C[C@@](O)(COc3ccc(F)cc3)C2)ccc1OCCCn1ccnc1. The average Bonchev–Trinajstić information content (AvgIpc) is 3.36. The van der Waals surface area contributed by atoms with E-state index in [2.05, 4.69) is 9.88 Å². The first-order valence-electron chi connectivity index (χ1n) is 12.7. The second kappa shape index (κ2) is 12.7. The zero-order chi connectivity index (χ0) is 27.0. The molecule has 1 aliphatic rings. The van der Waals surface area contributed by atoms with Gasteiger partial charge in [-0.15, -0.1) is 0 Å². The first-order chi connectivity index (χ1) is 18.3. The molecule has 1 atom stereocenters. The maximum Gasteiger partial charge on any atom is 0.219 e. The molecule has 1 N–H and O–H groups in total. The number of β-amino-alcohol motifs (C(OH)–C–C–N with tert-alkyl or cyclic N) is 1. The number of carbonyl (C=O) groups is 1. The first kappa shape index (κ1) is 27.4. The highest BCUT2D eigenvalue weighted by Crippen LogP contribution is 2.29. The molecule has 0 bridgehead atoms. The van der Waals surface area contributed by atoms with Crippen LogP contribution in [-0.2, 0) is 17.9 Å². The predicted octanol–water partition coefficient (Wildman–Crippen LogP) is 2.97. The Morgan fingerprint density at radius 1 is 1.11 bits per heavy atom. The van der Waals surface area contributed by atoms with Gasteiger partial charge >= 0.3 is 0 Å². The summed E-state index contributed by atoms with van der Waals surface area (Å²) in [7, 11) is 1.61. The number of nitrogens with zero attached hydrogens (tertiary/aromatic N) is 4. The van der Waals surface area contributed by atoms with Crippen LogP contribution in [0.2, 0.25) is 0 Å². The lowest BCUT2D eigenvalue weighted by Gasteiger charge is -2.32. The molecule has 38 heavy (non-hydrogen) atoms. The zero-order valence-corrected chi connectivity index (χ0v) is 21.9. The Balaban J connectivity index is 1.39. The third-order valence-corrected chi connectivity index (χ3v) is 6.47. The van der Waals surface area contributed by atoms with Gasteiger partial charge in [0.15, 0.2) is 11.5 Å². The molecular formula is C28H35FN4O5. The van der Waals surface area contributed by atoms with E-state index < -0.39 is 5.60 Å². The quantitative estimate of drug-likeness (QED) is 0.384. The van der Waals surface area contributed by atoms with E-state index in [4.69, 9.17) is 14.2 Å². The van der Waals surface area contributed by atoms with Crippen LogP contribution in [0.3, 0.4) is 0 Å². The van der Waals surface area contributed by atoms with Crippen molar-refractivity contribution < 1.29 is 28.5 Å². The van der Waals surface area contributed by atoms with Gasteiger partial charge in [-0.25, -0.2) is 9.37 Å². The molecule has 9 nitrogen and oxygen atoms in total. The molecule has 1 saturated heterocycles. The molecule has 0 saturated carbocycles. The Kier molecular flexibility index (Phi) is 9.19. The van der Waals surface area contributed by atoms with E-state index in [1.807, 2.05) is 29.0 Å². The molecule has 0 radical (unpaired) electrons. The Hall–Kier alpha value is -3.63. The fourth-order valence-corrected chi connectivity index (χ4v) is 4.52. The van der Waals surface area contributed by atoms with E-state index in [0.29, 0.717) is 50.0 Å². The van der Waals surface area contributed by atoms with Crippen molar-refractivity contribution in [3.8, 4) is 17.2 Å². The fourth-order valence-electron chi connectivity index (χ4n) is 4.52. The Morgan fingerprint density at radius 3 is 2.63 bits per heavy atom. The van der Waals surface area contributed by atoms with Crippen molar-refractivity contribution in [2.45, 2.75) is 32.0 Å². The van der Waals surface area contributed by atoms with Crippen LogP contribution in [0.4, 0.5) is 4.39 Å². The normalized spacial score (nSPS) is 18.2. The summed E-state index contributed by atoms with van der Waals surface area (Å²) in [6.45, 7) is 4.90. The Bertz CT molecular complexity index is 1170. The molecule has 1 aliphatic heterocycles. The monoisotopic (exact) mass is 526 g/mol. The number of methoxy groups -OCH3 is 1. The van der Waals surface area contributed by atoms with Crippen molar-refractivity contribution >= 4 is 5.91 Å². The summed E-state index contributed by atoms with van der Waals surface area (Å²) in [6.07, 6.45) is 6.29. The van der Waals surface area contributed by atoms with Crippen LogP contribution in [0.15, 0.2) is 61.2 Å². The van der Waals surface area contributed by atoms with Gasteiger partial charge in [0.2, 0.25) is 5.91 Å². The van der Waals surface area contributed by atoms with E-state index in [-0.39, 0.29) is 24.9 Å². The molecule has 2 aromatic carbocycles. The standard InChI is InChI=1S/C28H35FN4O5/c1-22(34)33-14-13-32(18-28(35,19-33)20-38-25-7-5-24(29)6-8-25)17-23-4-9-26(27(16-23)36-2)37-15-3-11-31-12-10-30-21-31/h4-10,12,16,21,35H,3,11,13-15,17-20H2,1-2H3/t28-/m1/s1. The molecule has 3 aromatic rings. The average molecular weight is 527 g/mol. The van der Waals surface area contributed by atoms with Gasteiger partial charge in [0.05, 0.1) is 26.6 Å². The van der Waals surface area contributed by atoms with Gasteiger partial charge in [0.25, 0.3) is 0 Å². The van der Waals surface area contributed by atoms with Crippen LogP contribution in [0.5, 0.6) is 17.2 Å². The van der Waals surface area contributed by atoms with Gasteiger partial charge in [-0.1, -0.05) is 6.07 Å². The lowest BCUT2D eigenvalue weighted by molar-refractivity contribution is -0.132. The second-order valence-corrected chi connectivity index (χ2v) is 9.61. The number of rotatable bonds is 11. The summed E-state index contributed by atoms with van der Waals surface area (Å²) in [5, 5.41) is 11.5. The Labute approximate surface area is 222 Å². The first-order valence-corrected chi connectivity index (χ1v) is 12.7. The molecule has 4 rings (SSSR count). The molecule has 1 fully saturated rings. The third kappa shape index (κ3) is 7.69. The molecule has 0 spiro atoms. The maximum absolute atomic E-state index is 13.2. The van der Waals surface area contributed by atoms with E-state index in [1.54, 1.807) is 24.5 Å². The van der Waals surface area contributed by atoms with Gasteiger partial charge in [-0.3, -0.25) is 9.69 Å². The molecule has 2 heterocycles. The number of aryl methyl sites for hydroxylation is 1. The minimum absolute atomic E-state index is 0.0336. The van der Waals surface area contributed by atoms with Crippen LogP contribution < -0.4 is 14.2 Å². The summed E-state index contributed by atoms with van der Waals surface area (Å²) in [5.74, 6) is 1.30. The zero-order valence-electron chi connectivity index (χ0n) is 21.9. The summed E-state index contributed by atoms with van der Waals surface area (Å²) in [6, 6.07) is 11.5. The fraction of sp³-hybridized carbons (Fsp3) is 0.429. The molecule has 0 aliphatic carbocycles. The van der Waals surface area contributed by atoms with Crippen molar-refractivity contribution in [2.75, 3.05) is 46.5 Å². The van der Waals surface area contributed by atoms with Crippen molar-refractivity contribution in [3.63, 3.8) is 0 Å². The number of halogens is 1. The van der Waals surface area contributed by atoms with Gasteiger partial charge in [-0.2, -0.15) is 0 Å². The lowest BCUT2D eigenvalue weighted by atomic mass is 10.0. The van der Waals surface area contributed by atoms with Crippen LogP contribution in [0.25, 0.3) is 0 Å². The Morgan fingerprint density at radius 2 is 1.92 bits per heavy atom. The largest absolute Gasteiger partial charge is 0.493 e. The summed E-state index contributed by atoms with van der Waals surface area (Å²) < 4.78 is 32.6. The van der Waals surface area contributed by atoms with Crippen LogP contribution >= 0.6 is 0 Å². The van der Waals surface area contributed by atoms with E-state index >= 15 is 0 Å². The molecule has 10 heteroatoms. The number of hydrogen-bond acceptors (Lipinski definition) is 7. The summed E-state index contributed by atoms with van der Waals surface area (Å²) in [5.41, 5.74) is -0.315. The number of benzene rings is 2. The highest BCUT2D eigenvalue weighted by molar-refractivity contribution is 5.73. The number of amides is 1. The van der Waals surface area contributed by atoms with E-state index in [0.717, 1.165) is 18.5 Å². The molecular weight excluding hydrogens is 491 g/mol. The number of hydrogen-bond donors (Lipinski definition) is 1. The number of imidazole rings is 1. The third-order valence-electron chi connectivity index (χ3n) is 6.47. The highest BCUT2D eigenvalue weighted by atomic mass is 19.1. The van der Waals surface area contributed by atoms with Crippen molar-refractivity contribution in [3.05, 3.63) is 72.6 Å². The number of ether oxygens (including phenoxy) is 3. The van der Waals surface area contributed by atoms with Crippen molar-refractivity contribution in [1.82, 2.24) is 19.4 Å². The topological polar surface area (TPSA) is 89.3 Å². The van der Waals surface area contributed by atoms with Crippen LogP contribution in [-0.4, -0.2) is 82.5 Å². The van der Waals surface area contributed by atoms with Crippen molar-refractivity contribution in [2.24, 2.45) is 0 Å². The minimum atomic E-state index is -1.31. The molecule has 1 amide bonds. The predicted molar refractivity (Wildman–Crippen MR) is 140 cm³/mol. The highest BCUT2D eigenvalue weighted by Gasteiger charge is 2.37. The summed E-state index contributed by atoms with van der Waals surface area (Å²) >= 11 is 0. The molecule has 0 unspecified atom stereocenters. The van der Waals surface area contributed by atoms with Crippen LogP contribution in [0.1, 0.15) is 18.9 Å². The minimum Gasteiger partial charge on any atom is -0.493 e. The second-order valence-electron chi connectivity index (χ2n) is 9.61. The number of carbonyl (C=O) groups excluding carboxylic acids is 1. The van der Waals surface area contributed by atoms with Crippen molar-refractivity contribution in [1.29, 1.82) is 0 Å². The van der Waals surface area contributed by atoms with Crippen LogP contribution in [0, 0.1) is 5.82 Å². The van der Waals surface area contributed by atoms with Gasteiger partial charge in [-0.05, 0) is 48.4 Å². The van der Waals surface area contributed by atoms with E-state index in [9.17, 15) is 14.3 Å². The summed E-state index contributed by atoms with van der Waals surface area (Å²) in [4.78, 5) is 20.0. The van der Waals surface area contributed by atoms with Gasteiger partial charge < -0.3 is 28.8 Å². The number of aromatic nitrogens is 2. The smallest absolute Gasteiger partial charge is 0.219 e. The lowest BCUT2D eigenvalue weighted by Crippen LogP contribution is -2.51.